The molecule has 1 aliphatic carbocycles. The van der Waals surface area contributed by atoms with Gasteiger partial charge < -0.3 is 23.5 Å². The normalized spacial score (nSPS) is 17.8. The number of aromatic nitrogens is 3. The molecule has 3 heterocycles. The number of pyridine rings is 1. The summed E-state index contributed by atoms with van der Waals surface area (Å²) in [6, 6.07) is 12.2. The Labute approximate surface area is 210 Å². The molecule has 8 nitrogen and oxygen atoms in total. The zero-order valence-corrected chi connectivity index (χ0v) is 21.0. The molecule has 4 aromatic rings. The maximum absolute atomic E-state index is 13.9. The van der Waals surface area contributed by atoms with E-state index in [1.165, 1.54) is 0 Å². The molecule has 2 aromatic carbocycles. The van der Waals surface area contributed by atoms with Crippen molar-refractivity contribution in [3.05, 3.63) is 58.5 Å². The van der Waals surface area contributed by atoms with Gasteiger partial charge in [-0.05, 0) is 31.0 Å². The van der Waals surface area contributed by atoms with Gasteiger partial charge in [0.05, 0.1) is 62.6 Å². The number of nitrogens with zero attached hydrogens (tertiary/aromatic N) is 3. The first kappa shape index (κ1) is 23.1. The number of hydrogen-bond acceptors (Lipinski definition) is 6. The summed E-state index contributed by atoms with van der Waals surface area (Å²) >= 11 is 0. The lowest BCUT2D eigenvalue weighted by atomic mass is 9.90. The van der Waals surface area contributed by atoms with Gasteiger partial charge in [0.25, 0.3) is 5.56 Å². The zero-order chi connectivity index (χ0) is 24.9. The number of hydrogen-bond donors (Lipinski definition) is 0. The molecule has 1 aliphatic heterocycles. The highest BCUT2D eigenvalue weighted by Crippen LogP contribution is 2.41. The first-order chi connectivity index (χ1) is 17.5. The fraction of sp³-hybridized carbons (Fsp3) is 0.407. The highest BCUT2D eigenvalue weighted by Gasteiger charge is 2.41. The largest absolute Gasteiger partial charge is 0.497 e. The standard InChI is InChI=1S/C27H30BN3O5/c1-33-20-5-3-17(24(14-20)34-2)16-30-23-13-18(28)4-6-21(23)25-22(26(30)32)15-29-31(25)19-7-9-27(10-8-19)35-11-12-36-27/h3-6,13-15,19H,7-12,16,28H2,1-2H3. The molecule has 0 N–H and O–H groups in total. The minimum absolute atomic E-state index is 0.0537. The van der Waals surface area contributed by atoms with E-state index >= 15 is 0 Å². The van der Waals surface area contributed by atoms with Crippen LogP contribution < -0.4 is 20.5 Å². The minimum atomic E-state index is -0.428. The lowest BCUT2D eigenvalue weighted by molar-refractivity contribution is -0.181. The number of ether oxygens (including phenoxy) is 4. The second-order valence-corrected chi connectivity index (χ2v) is 9.78. The first-order valence-corrected chi connectivity index (χ1v) is 12.5. The van der Waals surface area contributed by atoms with Crippen LogP contribution in [0.4, 0.5) is 0 Å². The molecule has 0 atom stereocenters. The van der Waals surface area contributed by atoms with E-state index in [0.29, 0.717) is 36.6 Å². The third-order valence-corrected chi connectivity index (χ3v) is 7.67. The fourth-order valence-electron chi connectivity index (χ4n) is 5.77. The molecule has 1 spiro atoms. The van der Waals surface area contributed by atoms with E-state index in [4.69, 9.17) is 24.0 Å². The number of methoxy groups -OCH3 is 2. The first-order valence-electron chi connectivity index (χ1n) is 12.5. The van der Waals surface area contributed by atoms with E-state index in [0.717, 1.165) is 53.1 Å². The molecular weight excluding hydrogens is 457 g/mol. The SMILES string of the molecule is Bc1ccc2c3c(cnn3C3CCC4(CC3)OCCO4)c(=O)n(Cc3ccc(OC)cc3OC)c2c1. The van der Waals surface area contributed by atoms with Crippen LogP contribution in [-0.4, -0.2) is 55.4 Å². The van der Waals surface area contributed by atoms with Crippen molar-refractivity contribution in [1.82, 2.24) is 14.3 Å². The number of benzene rings is 2. The lowest BCUT2D eigenvalue weighted by Crippen LogP contribution is -2.36. The summed E-state index contributed by atoms with van der Waals surface area (Å²) in [5.41, 5.74) is 3.74. The molecule has 36 heavy (non-hydrogen) atoms. The highest BCUT2D eigenvalue weighted by atomic mass is 16.7. The van der Waals surface area contributed by atoms with Gasteiger partial charge in [0.2, 0.25) is 0 Å². The molecule has 6 rings (SSSR count). The van der Waals surface area contributed by atoms with Gasteiger partial charge in [0.1, 0.15) is 19.3 Å². The molecule has 0 unspecified atom stereocenters. The predicted octanol–water partition coefficient (Wildman–Crippen LogP) is 2.53. The van der Waals surface area contributed by atoms with Crippen molar-refractivity contribution in [3.8, 4) is 11.5 Å². The average Bonchev–Trinajstić information content (AvgIpc) is 3.55. The molecule has 1 saturated carbocycles. The van der Waals surface area contributed by atoms with E-state index < -0.39 is 5.79 Å². The molecule has 0 radical (unpaired) electrons. The number of rotatable bonds is 5. The summed E-state index contributed by atoms with van der Waals surface area (Å²) in [6.45, 7) is 1.71. The number of fused-ring (bicyclic) bond motifs is 3. The Morgan fingerprint density at radius 3 is 2.56 bits per heavy atom. The van der Waals surface area contributed by atoms with Gasteiger partial charge in [-0.15, -0.1) is 0 Å². The summed E-state index contributed by atoms with van der Waals surface area (Å²) in [7, 11) is 5.30. The highest BCUT2D eigenvalue weighted by molar-refractivity contribution is 6.33. The van der Waals surface area contributed by atoms with Crippen LogP contribution in [0, 0.1) is 0 Å². The minimum Gasteiger partial charge on any atom is -0.497 e. The van der Waals surface area contributed by atoms with Crippen molar-refractivity contribution < 1.29 is 18.9 Å². The van der Waals surface area contributed by atoms with Gasteiger partial charge in [-0.25, -0.2) is 0 Å². The molecule has 2 fully saturated rings. The molecule has 2 aliphatic rings. The van der Waals surface area contributed by atoms with Gasteiger partial charge >= 0.3 is 0 Å². The second-order valence-electron chi connectivity index (χ2n) is 9.78. The van der Waals surface area contributed by atoms with Gasteiger partial charge in [0, 0.05) is 29.9 Å². The Hall–Kier alpha value is -3.30. The summed E-state index contributed by atoms with van der Waals surface area (Å²) in [5, 5.41) is 6.41. The van der Waals surface area contributed by atoms with Crippen molar-refractivity contribution >= 4 is 35.1 Å². The smallest absolute Gasteiger partial charge is 0.262 e. The lowest BCUT2D eigenvalue weighted by Gasteiger charge is -2.35. The summed E-state index contributed by atoms with van der Waals surface area (Å²) in [6.07, 6.45) is 5.20. The van der Waals surface area contributed by atoms with Crippen LogP contribution in [0.25, 0.3) is 21.8 Å². The van der Waals surface area contributed by atoms with Gasteiger partial charge in [0.15, 0.2) is 5.79 Å². The zero-order valence-electron chi connectivity index (χ0n) is 21.0. The van der Waals surface area contributed by atoms with E-state index in [1.807, 2.05) is 30.6 Å². The average molecular weight is 487 g/mol. The van der Waals surface area contributed by atoms with E-state index in [9.17, 15) is 4.79 Å². The van der Waals surface area contributed by atoms with Gasteiger partial charge in [-0.2, -0.15) is 5.10 Å². The molecule has 1 saturated heterocycles. The van der Waals surface area contributed by atoms with Crippen molar-refractivity contribution in [2.24, 2.45) is 0 Å². The molecule has 0 amide bonds. The van der Waals surface area contributed by atoms with E-state index in [-0.39, 0.29) is 11.6 Å². The van der Waals surface area contributed by atoms with Crippen LogP contribution in [0.5, 0.6) is 11.5 Å². The molecule has 2 aromatic heterocycles. The van der Waals surface area contributed by atoms with Crippen molar-refractivity contribution in [2.45, 2.75) is 44.1 Å². The van der Waals surface area contributed by atoms with Crippen molar-refractivity contribution in [2.75, 3.05) is 27.4 Å². The van der Waals surface area contributed by atoms with Crippen molar-refractivity contribution in [3.63, 3.8) is 0 Å². The summed E-state index contributed by atoms with van der Waals surface area (Å²) < 4.78 is 26.7. The van der Waals surface area contributed by atoms with E-state index in [1.54, 1.807) is 20.4 Å². The maximum Gasteiger partial charge on any atom is 0.262 e. The Balaban J connectivity index is 1.46. The molecule has 186 valence electrons. The van der Waals surface area contributed by atoms with Crippen LogP contribution >= 0.6 is 0 Å². The van der Waals surface area contributed by atoms with Crippen LogP contribution in [0.3, 0.4) is 0 Å². The predicted molar refractivity (Wildman–Crippen MR) is 140 cm³/mol. The van der Waals surface area contributed by atoms with E-state index in [2.05, 4.69) is 22.9 Å². The molecular formula is C27H30BN3O5. The summed E-state index contributed by atoms with van der Waals surface area (Å²) in [5.74, 6) is 0.969. The van der Waals surface area contributed by atoms with Crippen molar-refractivity contribution in [1.29, 1.82) is 0 Å². The second kappa shape index (κ2) is 8.98. The third kappa shape index (κ3) is 3.78. The quantitative estimate of drug-likeness (QED) is 0.403. The van der Waals surface area contributed by atoms with Crippen LogP contribution in [-0.2, 0) is 16.0 Å². The Bertz CT molecular complexity index is 1500. The van der Waals surface area contributed by atoms with Crippen LogP contribution in [0.1, 0.15) is 37.3 Å². The summed E-state index contributed by atoms with van der Waals surface area (Å²) in [4.78, 5) is 13.9. The van der Waals surface area contributed by atoms with Crippen LogP contribution in [0.2, 0.25) is 0 Å². The third-order valence-electron chi connectivity index (χ3n) is 7.67. The molecule has 0 bridgehead atoms. The van der Waals surface area contributed by atoms with Gasteiger partial charge in [-0.3, -0.25) is 9.48 Å². The fourth-order valence-corrected chi connectivity index (χ4v) is 5.77. The maximum atomic E-state index is 13.9. The Kier molecular flexibility index (Phi) is 5.77. The van der Waals surface area contributed by atoms with Gasteiger partial charge in [-0.1, -0.05) is 17.6 Å². The Morgan fingerprint density at radius 1 is 1.06 bits per heavy atom. The Morgan fingerprint density at radius 2 is 1.83 bits per heavy atom. The van der Waals surface area contributed by atoms with Crippen LogP contribution in [0.15, 0.2) is 47.4 Å². The molecule has 9 heteroatoms. The topological polar surface area (TPSA) is 76.7 Å². The monoisotopic (exact) mass is 487 g/mol.